The van der Waals surface area contributed by atoms with Crippen LogP contribution in [0, 0.1) is 0 Å². The highest BCUT2D eigenvalue weighted by Crippen LogP contribution is 2.02. The molecule has 3 nitrogen and oxygen atoms in total. The lowest BCUT2D eigenvalue weighted by Crippen LogP contribution is -2.31. The Bertz CT molecular complexity index is 248. The molecule has 0 spiro atoms. The summed E-state index contributed by atoms with van der Waals surface area (Å²) in [6.45, 7) is 0.826. The lowest BCUT2D eigenvalue weighted by molar-refractivity contribution is 0.688. The Hall–Kier alpha value is -1.38. The minimum atomic E-state index is 0.826. The van der Waals surface area contributed by atoms with Crippen LogP contribution in [-0.4, -0.2) is 23.6 Å². The first-order valence-electron chi connectivity index (χ1n) is 3.09. The van der Waals surface area contributed by atoms with E-state index in [9.17, 15) is 0 Å². The maximum atomic E-state index is 4.10. The second kappa shape index (κ2) is 2.10. The van der Waals surface area contributed by atoms with Gasteiger partial charge < -0.3 is 4.90 Å². The van der Waals surface area contributed by atoms with E-state index in [4.69, 9.17) is 0 Å². The molecule has 0 atom stereocenters. The molecule has 2 aliphatic heterocycles. The minimum Gasteiger partial charge on any atom is -0.304 e. The molecule has 10 heavy (non-hydrogen) atoms. The van der Waals surface area contributed by atoms with Gasteiger partial charge in [-0.1, -0.05) is 0 Å². The summed E-state index contributed by atoms with van der Waals surface area (Å²) in [6, 6.07) is 0. The van der Waals surface area contributed by atoms with Crippen molar-refractivity contribution in [1.29, 1.82) is 0 Å². The number of fused-ring (bicyclic) bond motifs is 1. The fourth-order valence-electron chi connectivity index (χ4n) is 0.877. The van der Waals surface area contributed by atoms with Crippen molar-refractivity contribution < 1.29 is 0 Å². The molecule has 0 aromatic rings. The topological polar surface area (TPSA) is 28.0 Å². The predicted octanol–water partition coefficient (Wildman–Crippen LogP) is 0.647. The fourth-order valence-corrected chi connectivity index (χ4v) is 0.877. The normalized spacial score (nSPS) is 20.8. The summed E-state index contributed by atoms with van der Waals surface area (Å²) in [7, 11) is 0. The third kappa shape index (κ3) is 0.757. The van der Waals surface area contributed by atoms with Crippen molar-refractivity contribution in [2.45, 2.75) is 0 Å². The first-order chi connectivity index (χ1) is 4.97. The van der Waals surface area contributed by atoms with Gasteiger partial charge in [-0.05, 0) is 12.2 Å². The average Bonchev–Trinajstić information content (AvgIpc) is 2.05. The molecule has 0 unspecified atom stereocenters. The monoisotopic (exact) mass is 132 g/mol. The summed E-state index contributed by atoms with van der Waals surface area (Å²) in [5.74, 6) is 0.914. The average molecular weight is 132 g/mol. The SMILES string of the molecule is [C]1=NC=CC2=NC=CCN12. The van der Waals surface area contributed by atoms with E-state index in [0.29, 0.717) is 0 Å². The van der Waals surface area contributed by atoms with E-state index in [1.807, 2.05) is 17.1 Å². The molecular formula is C7H6N3. The summed E-state index contributed by atoms with van der Waals surface area (Å²) in [6.07, 6.45) is 10.1. The molecule has 0 aliphatic carbocycles. The molecule has 0 saturated carbocycles. The number of amidine groups is 1. The summed E-state index contributed by atoms with van der Waals surface area (Å²) in [5, 5.41) is 0. The van der Waals surface area contributed by atoms with E-state index < -0.39 is 0 Å². The van der Waals surface area contributed by atoms with Gasteiger partial charge >= 0.3 is 0 Å². The quantitative estimate of drug-likeness (QED) is 0.475. The molecule has 3 heteroatoms. The van der Waals surface area contributed by atoms with Crippen LogP contribution in [0.25, 0.3) is 0 Å². The molecule has 2 rings (SSSR count). The van der Waals surface area contributed by atoms with Crippen molar-refractivity contribution in [2.75, 3.05) is 6.54 Å². The van der Waals surface area contributed by atoms with Crippen LogP contribution in [0.2, 0.25) is 0 Å². The van der Waals surface area contributed by atoms with Crippen molar-refractivity contribution in [1.82, 2.24) is 4.90 Å². The zero-order valence-corrected chi connectivity index (χ0v) is 5.36. The Morgan fingerprint density at radius 2 is 2.50 bits per heavy atom. The zero-order valence-electron chi connectivity index (χ0n) is 5.36. The maximum absolute atomic E-state index is 4.10. The van der Waals surface area contributed by atoms with Crippen molar-refractivity contribution in [3.05, 3.63) is 24.6 Å². The summed E-state index contributed by atoms with van der Waals surface area (Å²) < 4.78 is 0. The number of hydrogen-bond acceptors (Lipinski definition) is 3. The second-order valence-corrected chi connectivity index (χ2v) is 2.03. The molecule has 0 saturated heterocycles. The van der Waals surface area contributed by atoms with E-state index in [1.165, 1.54) is 0 Å². The molecule has 49 valence electrons. The van der Waals surface area contributed by atoms with E-state index in [1.54, 1.807) is 12.4 Å². The van der Waals surface area contributed by atoms with Crippen molar-refractivity contribution in [3.63, 3.8) is 0 Å². The van der Waals surface area contributed by atoms with Gasteiger partial charge in [0.05, 0.1) is 0 Å². The lowest BCUT2D eigenvalue weighted by Gasteiger charge is -2.19. The van der Waals surface area contributed by atoms with E-state index in [-0.39, 0.29) is 0 Å². The lowest BCUT2D eigenvalue weighted by atomic mass is 10.4. The van der Waals surface area contributed by atoms with Crippen LogP contribution >= 0.6 is 0 Å². The molecule has 0 bridgehead atoms. The van der Waals surface area contributed by atoms with Crippen LogP contribution < -0.4 is 0 Å². The van der Waals surface area contributed by atoms with Gasteiger partial charge in [0.2, 0.25) is 0 Å². The highest BCUT2D eigenvalue weighted by molar-refractivity contribution is 6.02. The molecule has 0 fully saturated rings. The van der Waals surface area contributed by atoms with Crippen molar-refractivity contribution >= 4 is 12.2 Å². The Morgan fingerprint density at radius 1 is 1.50 bits per heavy atom. The van der Waals surface area contributed by atoms with E-state index in [2.05, 4.69) is 16.3 Å². The van der Waals surface area contributed by atoms with Gasteiger partial charge in [-0.3, -0.25) is 0 Å². The molecule has 0 N–H and O–H groups in total. The van der Waals surface area contributed by atoms with Gasteiger partial charge in [0.25, 0.3) is 0 Å². The smallest absolute Gasteiger partial charge is 0.178 e. The highest BCUT2D eigenvalue weighted by atomic mass is 15.2. The van der Waals surface area contributed by atoms with Crippen LogP contribution in [0.1, 0.15) is 0 Å². The van der Waals surface area contributed by atoms with Gasteiger partial charge in [-0.15, -0.1) is 0 Å². The van der Waals surface area contributed by atoms with Crippen molar-refractivity contribution in [2.24, 2.45) is 9.98 Å². The van der Waals surface area contributed by atoms with Gasteiger partial charge in [0, 0.05) is 18.9 Å². The van der Waals surface area contributed by atoms with Crippen LogP contribution in [0.4, 0.5) is 0 Å². The summed E-state index contributed by atoms with van der Waals surface area (Å²) >= 11 is 0. The number of aliphatic imine (C=N–C) groups is 2. The highest BCUT2D eigenvalue weighted by Gasteiger charge is 2.09. The Kier molecular flexibility index (Phi) is 1.13. The summed E-state index contributed by atoms with van der Waals surface area (Å²) in [4.78, 5) is 9.81. The largest absolute Gasteiger partial charge is 0.304 e. The Balaban J connectivity index is 2.34. The van der Waals surface area contributed by atoms with Gasteiger partial charge in [0.1, 0.15) is 5.84 Å². The van der Waals surface area contributed by atoms with Gasteiger partial charge in [-0.2, -0.15) is 0 Å². The molecule has 0 aromatic carbocycles. The summed E-state index contributed by atoms with van der Waals surface area (Å²) in [5.41, 5.74) is 0. The van der Waals surface area contributed by atoms with Crippen LogP contribution in [0.3, 0.4) is 0 Å². The van der Waals surface area contributed by atoms with Crippen LogP contribution in [0.5, 0.6) is 0 Å². The second-order valence-electron chi connectivity index (χ2n) is 2.03. The predicted molar refractivity (Wildman–Crippen MR) is 39.9 cm³/mol. The van der Waals surface area contributed by atoms with E-state index >= 15 is 0 Å². The van der Waals surface area contributed by atoms with Gasteiger partial charge in [0.15, 0.2) is 6.34 Å². The molecule has 2 aliphatic rings. The Morgan fingerprint density at radius 3 is 3.40 bits per heavy atom. The Labute approximate surface area is 59.1 Å². The van der Waals surface area contributed by atoms with Gasteiger partial charge in [-0.25, -0.2) is 9.98 Å². The van der Waals surface area contributed by atoms with Crippen molar-refractivity contribution in [3.8, 4) is 0 Å². The molecule has 0 amide bonds. The molecule has 1 radical (unpaired) electrons. The minimum absolute atomic E-state index is 0.826. The maximum Gasteiger partial charge on any atom is 0.178 e. The zero-order chi connectivity index (χ0) is 6.81. The third-order valence-electron chi connectivity index (χ3n) is 1.35. The molecule has 0 aromatic heterocycles. The number of hydrogen-bond donors (Lipinski definition) is 0. The molecule has 2 heterocycles. The number of nitrogens with zero attached hydrogens (tertiary/aromatic N) is 3. The standard InChI is InChI=1S/C7H6N3/c1-3-9-7-2-4-8-6-10(7)5-1/h1-4H,5H2. The number of rotatable bonds is 0. The van der Waals surface area contributed by atoms with E-state index in [0.717, 1.165) is 12.4 Å². The first kappa shape index (κ1) is 5.41. The van der Waals surface area contributed by atoms with Crippen LogP contribution in [-0.2, 0) is 0 Å². The third-order valence-corrected chi connectivity index (χ3v) is 1.35. The molecular weight excluding hydrogens is 126 g/mol. The fraction of sp³-hybridized carbons (Fsp3) is 0.143. The van der Waals surface area contributed by atoms with Crippen LogP contribution in [0.15, 0.2) is 34.5 Å². The first-order valence-corrected chi connectivity index (χ1v) is 3.09.